The van der Waals surface area contributed by atoms with Crippen molar-refractivity contribution in [2.75, 3.05) is 12.4 Å². The number of ether oxygens (including phenoxy) is 1. The Morgan fingerprint density at radius 1 is 1.05 bits per heavy atom. The van der Waals surface area contributed by atoms with Crippen LogP contribution in [-0.2, 0) is 4.79 Å². The maximum atomic E-state index is 12.5. The van der Waals surface area contributed by atoms with Gasteiger partial charge in [0.2, 0.25) is 5.91 Å². The van der Waals surface area contributed by atoms with Gasteiger partial charge in [-0.1, -0.05) is 30.3 Å². The molecule has 0 saturated heterocycles. The molecule has 2 aromatic carbocycles. The molecular formula is C16H13NO3. The molecule has 4 heteroatoms. The van der Waals surface area contributed by atoms with Gasteiger partial charge in [-0.15, -0.1) is 0 Å². The largest absolute Gasteiger partial charge is 0.497 e. The van der Waals surface area contributed by atoms with Crippen molar-refractivity contribution in [1.82, 2.24) is 0 Å². The number of nitrogens with one attached hydrogen (secondary N) is 1. The molecule has 0 aromatic heterocycles. The van der Waals surface area contributed by atoms with Gasteiger partial charge in [0, 0.05) is 11.6 Å². The molecule has 1 aliphatic heterocycles. The van der Waals surface area contributed by atoms with E-state index in [1.807, 2.05) is 18.2 Å². The van der Waals surface area contributed by atoms with Gasteiger partial charge in [-0.05, 0) is 17.7 Å². The Balaban J connectivity index is 2.05. The number of hydrogen-bond donors (Lipinski definition) is 1. The lowest BCUT2D eigenvalue weighted by atomic mass is 9.86. The lowest BCUT2D eigenvalue weighted by Crippen LogP contribution is -2.33. The van der Waals surface area contributed by atoms with Crippen molar-refractivity contribution in [3.8, 4) is 5.75 Å². The predicted molar refractivity (Wildman–Crippen MR) is 75.1 cm³/mol. The maximum absolute atomic E-state index is 12.5. The first-order valence-electron chi connectivity index (χ1n) is 6.29. The van der Waals surface area contributed by atoms with Crippen LogP contribution in [0, 0.1) is 0 Å². The molecule has 20 heavy (non-hydrogen) atoms. The van der Waals surface area contributed by atoms with Crippen LogP contribution in [0.1, 0.15) is 21.8 Å². The molecule has 0 unspecified atom stereocenters. The minimum Gasteiger partial charge on any atom is -0.497 e. The molecule has 1 amide bonds. The summed E-state index contributed by atoms with van der Waals surface area (Å²) in [6.07, 6.45) is 0. The van der Waals surface area contributed by atoms with Gasteiger partial charge in [0.05, 0.1) is 12.8 Å². The highest BCUT2D eigenvalue weighted by Gasteiger charge is 2.35. The summed E-state index contributed by atoms with van der Waals surface area (Å²) >= 11 is 0. The van der Waals surface area contributed by atoms with Crippen LogP contribution in [0.5, 0.6) is 5.75 Å². The van der Waals surface area contributed by atoms with Crippen molar-refractivity contribution in [3.05, 3.63) is 59.7 Å². The van der Waals surface area contributed by atoms with Gasteiger partial charge in [-0.2, -0.15) is 0 Å². The highest BCUT2D eigenvalue weighted by molar-refractivity contribution is 6.24. The number of carbonyl (C=O) groups excluding carboxylic acids is 2. The number of benzene rings is 2. The summed E-state index contributed by atoms with van der Waals surface area (Å²) in [5, 5.41) is 2.77. The molecule has 0 saturated carbocycles. The van der Waals surface area contributed by atoms with Gasteiger partial charge in [0.25, 0.3) is 0 Å². The van der Waals surface area contributed by atoms with Gasteiger partial charge in [-0.3, -0.25) is 9.59 Å². The number of hydrogen-bond acceptors (Lipinski definition) is 3. The third-order valence-corrected chi connectivity index (χ3v) is 3.41. The Morgan fingerprint density at radius 3 is 2.50 bits per heavy atom. The van der Waals surface area contributed by atoms with Crippen LogP contribution in [-0.4, -0.2) is 18.8 Å². The SMILES string of the molecule is COc1ccc2c(c1)NC(=O)[C@H](c1ccccc1)C2=O. The summed E-state index contributed by atoms with van der Waals surface area (Å²) in [6.45, 7) is 0. The third kappa shape index (κ3) is 1.95. The molecule has 0 radical (unpaired) electrons. The number of fused-ring (bicyclic) bond motifs is 1. The van der Waals surface area contributed by atoms with E-state index in [-0.39, 0.29) is 11.7 Å². The minimum atomic E-state index is -0.780. The van der Waals surface area contributed by atoms with E-state index in [1.54, 1.807) is 37.4 Å². The maximum Gasteiger partial charge on any atom is 0.239 e. The standard InChI is InChI=1S/C16H13NO3/c1-20-11-7-8-12-13(9-11)17-16(19)14(15(12)18)10-5-3-2-4-6-10/h2-9,14H,1H3,(H,17,19)/t14-/m1/s1. The Hall–Kier alpha value is -2.62. The lowest BCUT2D eigenvalue weighted by molar-refractivity contribution is -0.116. The van der Waals surface area contributed by atoms with Crippen molar-refractivity contribution < 1.29 is 14.3 Å². The van der Waals surface area contributed by atoms with Gasteiger partial charge >= 0.3 is 0 Å². The van der Waals surface area contributed by atoms with E-state index in [2.05, 4.69) is 5.32 Å². The van der Waals surface area contributed by atoms with Gasteiger partial charge in [-0.25, -0.2) is 0 Å². The molecule has 0 bridgehead atoms. The first-order chi connectivity index (χ1) is 9.70. The predicted octanol–water partition coefficient (Wildman–Crippen LogP) is 2.61. The van der Waals surface area contributed by atoms with E-state index in [0.29, 0.717) is 22.6 Å². The molecule has 1 heterocycles. The van der Waals surface area contributed by atoms with Crippen LogP contribution in [0.3, 0.4) is 0 Å². The number of rotatable bonds is 2. The summed E-state index contributed by atoms with van der Waals surface area (Å²) in [7, 11) is 1.54. The second kappa shape index (κ2) is 4.81. The van der Waals surface area contributed by atoms with Crippen molar-refractivity contribution in [2.45, 2.75) is 5.92 Å². The number of carbonyl (C=O) groups is 2. The number of Topliss-reactive ketones (excluding diaryl/α,β-unsaturated/α-hetero) is 1. The fourth-order valence-electron chi connectivity index (χ4n) is 2.40. The molecule has 100 valence electrons. The summed E-state index contributed by atoms with van der Waals surface area (Å²) in [5.74, 6) is -0.660. The first kappa shape index (κ1) is 12.4. The van der Waals surface area contributed by atoms with E-state index < -0.39 is 5.92 Å². The fraction of sp³-hybridized carbons (Fsp3) is 0.125. The quantitative estimate of drug-likeness (QED) is 0.851. The van der Waals surface area contributed by atoms with Crippen LogP contribution in [0.2, 0.25) is 0 Å². The monoisotopic (exact) mass is 267 g/mol. The highest BCUT2D eigenvalue weighted by atomic mass is 16.5. The molecule has 1 aliphatic rings. The third-order valence-electron chi connectivity index (χ3n) is 3.41. The zero-order valence-corrected chi connectivity index (χ0v) is 10.9. The Bertz CT molecular complexity index is 679. The minimum absolute atomic E-state index is 0.183. The number of ketones is 1. The first-order valence-corrected chi connectivity index (χ1v) is 6.29. The summed E-state index contributed by atoms with van der Waals surface area (Å²) in [6, 6.07) is 14.1. The van der Waals surface area contributed by atoms with Crippen molar-refractivity contribution in [2.24, 2.45) is 0 Å². The van der Waals surface area contributed by atoms with E-state index in [0.717, 1.165) is 0 Å². The number of methoxy groups -OCH3 is 1. The smallest absolute Gasteiger partial charge is 0.239 e. The van der Waals surface area contributed by atoms with E-state index in [1.165, 1.54) is 0 Å². The molecule has 0 spiro atoms. The summed E-state index contributed by atoms with van der Waals surface area (Å²) < 4.78 is 5.10. The van der Waals surface area contributed by atoms with Gasteiger partial charge < -0.3 is 10.1 Å². The van der Waals surface area contributed by atoms with Gasteiger partial charge in [0.1, 0.15) is 11.7 Å². The Morgan fingerprint density at radius 2 is 1.80 bits per heavy atom. The average molecular weight is 267 g/mol. The number of anilines is 1. The average Bonchev–Trinajstić information content (AvgIpc) is 2.47. The molecule has 0 fully saturated rings. The second-order valence-corrected chi connectivity index (χ2v) is 4.61. The topological polar surface area (TPSA) is 55.4 Å². The van der Waals surface area contributed by atoms with Crippen LogP contribution < -0.4 is 10.1 Å². The van der Waals surface area contributed by atoms with Crippen LogP contribution in [0.15, 0.2) is 48.5 Å². The Labute approximate surface area is 116 Å². The molecular weight excluding hydrogens is 254 g/mol. The van der Waals surface area contributed by atoms with E-state index in [4.69, 9.17) is 4.74 Å². The normalized spacial score (nSPS) is 17.4. The van der Waals surface area contributed by atoms with E-state index >= 15 is 0 Å². The van der Waals surface area contributed by atoms with Crippen molar-refractivity contribution in [1.29, 1.82) is 0 Å². The molecule has 2 aromatic rings. The zero-order valence-electron chi connectivity index (χ0n) is 10.9. The lowest BCUT2D eigenvalue weighted by Gasteiger charge is -2.24. The highest BCUT2D eigenvalue weighted by Crippen LogP contribution is 2.33. The van der Waals surface area contributed by atoms with Crippen molar-refractivity contribution >= 4 is 17.4 Å². The molecule has 3 rings (SSSR count). The fourth-order valence-corrected chi connectivity index (χ4v) is 2.40. The molecule has 1 N–H and O–H groups in total. The van der Waals surface area contributed by atoms with Crippen LogP contribution >= 0.6 is 0 Å². The molecule has 4 nitrogen and oxygen atoms in total. The number of amides is 1. The summed E-state index contributed by atoms with van der Waals surface area (Å²) in [5.41, 5.74) is 1.72. The summed E-state index contributed by atoms with van der Waals surface area (Å²) in [4.78, 5) is 24.7. The van der Waals surface area contributed by atoms with E-state index in [9.17, 15) is 9.59 Å². The zero-order chi connectivity index (χ0) is 14.1. The Kier molecular flexibility index (Phi) is 2.99. The molecule has 0 aliphatic carbocycles. The van der Waals surface area contributed by atoms with Gasteiger partial charge in [0.15, 0.2) is 5.78 Å². The van der Waals surface area contributed by atoms with Crippen molar-refractivity contribution in [3.63, 3.8) is 0 Å². The second-order valence-electron chi connectivity index (χ2n) is 4.61. The van der Waals surface area contributed by atoms with Crippen LogP contribution in [0.4, 0.5) is 5.69 Å². The van der Waals surface area contributed by atoms with Crippen LogP contribution in [0.25, 0.3) is 0 Å². The molecule has 1 atom stereocenters.